The highest BCUT2D eigenvalue weighted by molar-refractivity contribution is 7.49. The highest BCUT2D eigenvalue weighted by atomic mass is 31.2. The third-order valence-corrected chi connectivity index (χ3v) is 5.90. The van der Waals surface area contributed by atoms with E-state index in [2.05, 4.69) is 16.6 Å². The minimum Gasteiger partial charge on any atom is -0.459 e. The molecule has 162 valence electrons. The number of carbonyl (C=O) groups excluding carboxylic acids is 1. The van der Waals surface area contributed by atoms with Gasteiger partial charge in [-0.3, -0.25) is 0 Å². The predicted molar refractivity (Wildman–Crippen MR) is 114 cm³/mol. The van der Waals surface area contributed by atoms with Crippen molar-refractivity contribution in [3.05, 3.63) is 72.5 Å². The fourth-order valence-electron chi connectivity index (χ4n) is 3.07. The first-order valence-electron chi connectivity index (χ1n) is 9.68. The van der Waals surface area contributed by atoms with Crippen molar-refractivity contribution in [3.8, 4) is 23.3 Å². The van der Waals surface area contributed by atoms with E-state index in [1.165, 1.54) is 7.11 Å². The standard InChI is InChI=1S/C23H23O7P/c1-27-23(25)14-8-9-18-15-22(16-19(18)17-24)30-31(26,28-20-10-4-2-5-11-20)29-21-12-6-3-7-13-21/h2-7,10-13,16,18-19,24H,9,15,17H2,1H3/t18?,19-/m0/s1. The summed E-state index contributed by atoms with van der Waals surface area (Å²) in [6.45, 7) is -0.138. The van der Waals surface area contributed by atoms with Gasteiger partial charge in [-0.05, 0) is 36.3 Å². The zero-order valence-corrected chi connectivity index (χ0v) is 17.9. The largest absolute Gasteiger partial charge is 0.646 e. The van der Waals surface area contributed by atoms with Gasteiger partial charge >= 0.3 is 13.8 Å². The van der Waals surface area contributed by atoms with Gasteiger partial charge < -0.3 is 23.4 Å². The van der Waals surface area contributed by atoms with E-state index in [0.29, 0.717) is 30.1 Å². The Balaban J connectivity index is 1.76. The van der Waals surface area contributed by atoms with E-state index in [1.54, 1.807) is 54.6 Å². The number of aliphatic hydroxyl groups is 1. The van der Waals surface area contributed by atoms with E-state index >= 15 is 0 Å². The summed E-state index contributed by atoms with van der Waals surface area (Å²) in [4.78, 5) is 11.2. The van der Waals surface area contributed by atoms with Gasteiger partial charge in [-0.2, -0.15) is 4.57 Å². The monoisotopic (exact) mass is 442 g/mol. The van der Waals surface area contributed by atoms with Crippen LogP contribution in [0.25, 0.3) is 0 Å². The zero-order chi connectivity index (χ0) is 22.1. The first-order chi connectivity index (χ1) is 15.0. The number of rotatable bonds is 8. The summed E-state index contributed by atoms with van der Waals surface area (Å²) in [5.41, 5.74) is 0. The number of hydrogen-bond acceptors (Lipinski definition) is 7. The molecule has 2 aromatic carbocycles. The number of phosphoric ester groups is 1. The van der Waals surface area contributed by atoms with Crippen LogP contribution in [0.2, 0.25) is 0 Å². The smallest absolute Gasteiger partial charge is 0.459 e. The SMILES string of the molecule is COC(=O)C#CCC1CC(OP(=O)(Oc2ccccc2)Oc2ccccc2)=C[C@H]1CO. The molecular weight excluding hydrogens is 419 g/mol. The van der Waals surface area contributed by atoms with Gasteiger partial charge in [0.05, 0.1) is 7.11 Å². The van der Waals surface area contributed by atoms with Crippen LogP contribution in [0.4, 0.5) is 0 Å². The van der Waals surface area contributed by atoms with E-state index in [9.17, 15) is 14.5 Å². The molecule has 3 rings (SSSR count). The van der Waals surface area contributed by atoms with Crippen LogP contribution < -0.4 is 9.05 Å². The fraction of sp³-hybridized carbons (Fsp3) is 0.261. The molecule has 0 saturated heterocycles. The van der Waals surface area contributed by atoms with Gasteiger partial charge in [0.15, 0.2) is 0 Å². The van der Waals surface area contributed by atoms with Gasteiger partial charge in [0.1, 0.15) is 17.3 Å². The van der Waals surface area contributed by atoms with Crippen molar-refractivity contribution in [2.24, 2.45) is 11.8 Å². The Kier molecular flexibility index (Phi) is 7.77. The van der Waals surface area contributed by atoms with Crippen LogP contribution in [-0.2, 0) is 18.6 Å². The lowest BCUT2D eigenvalue weighted by Crippen LogP contribution is -2.11. The molecule has 0 saturated carbocycles. The molecule has 0 aliphatic heterocycles. The number of allylic oxidation sites excluding steroid dienone is 1. The Hall–Kier alpha value is -3.20. The maximum absolute atomic E-state index is 13.5. The number of aliphatic hydroxyl groups excluding tert-OH is 1. The molecule has 1 N–H and O–H groups in total. The molecule has 0 heterocycles. The molecule has 8 heteroatoms. The number of benzene rings is 2. The van der Waals surface area contributed by atoms with Crippen LogP contribution in [-0.4, -0.2) is 24.8 Å². The van der Waals surface area contributed by atoms with Crippen LogP contribution in [0.1, 0.15) is 12.8 Å². The first-order valence-corrected chi connectivity index (χ1v) is 11.1. The highest BCUT2D eigenvalue weighted by Gasteiger charge is 2.37. The summed E-state index contributed by atoms with van der Waals surface area (Å²) in [5.74, 6) is 5.16. The molecule has 0 fully saturated rings. The fourth-order valence-corrected chi connectivity index (χ4v) is 4.37. The van der Waals surface area contributed by atoms with Crippen molar-refractivity contribution >= 4 is 13.8 Å². The lowest BCUT2D eigenvalue weighted by atomic mass is 9.93. The second-order valence-electron chi connectivity index (χ2n) is 6.79. The van der Waals surface area contributed by atoms with E-state index in [0.717, 1.165) is 0 Å². The number of esters is 1. The van der Waals surface area contributed by atoms with Gasteiger partial charge in [0.25, 0.3) is 0 Å². The molecule has 31 heavy (non-hydrogen) atoms. The van der Waals surface area contributed by atoms with Gasteiger partial charge in [-0.15, -0.1) is 0 Å². The average Bonchev–Trinajstić information content (AvgIpc) is 3.15. The average molecular weight is 442 g/mol. The van der Waals surface area contributed by atoms with Gasteiger partial charge in [0, 0.05) is 31.3 Å². The maximum atomic E-state index is 13.5. The molecule has 1 aliphatic carbocycles. The van der Waals surface area contributed by atoms with Crippen molar-refractivity contribution < 1.29 is 32.8 Å². The van der Waals surface area contributed by atoms with Crippen molar-refractivity contribution in [3.63, 3.8) is 0 Å². The van der Waals surface area contributed by atoms with Crippen molar-refractivity contribution in [2.45, 2.75) is 12.8 Å². The molecule has 0 radical (unpaired) electrons. The summed E-state index contributed by atoms with van der Waals surface area (Å²) >= 11 is 0. The summed E-state index contributed by atoms with van der Waals surface area (Å²) in [6.07, 6.45) is 2.40. The predicted octanol–water partition coefficient (Wildman–Crippen LogP) is 4.35. The molecule has 0 spiro atoms. The number of carbonyl (C=O) groups is 1. The summed E-state index contributed by atoms with van der Waals surface area (Å²) in [5, 5.41) is 9.71. The number of ether oxygens (including phenoxy) is 1. The second kappa shape index (κ2) is 10.7. The van der Waals surface area contributed by atoms with Crippen LogP contribution >= 0.6 is 7.82 Å². The first kappa shape index (κ1) is 22.5. The quantitative estimate of drug-likeness (QED) is 0.281. The van der Waals surface area contributed by atoms with E-state index in [1.807, 2.05) is 12.1 Å². The number of methoxy groups -OCH3 is 1. The Morgan fingerprint density at radius 2 is 1.61 bits per heavy atom. The minimum atomic E-state index is -4.08. The van der Waals surface area contributed by atoms with E-state index < -0.39 is 13.8 Å². The zero-order valence-electron chi connectivity index (χ0n) is 17.0. The Morgan fingerprint density at radius 3 is 2.13 bits per heavy atom. The maximum Gasteiger partial charge on any atom is 0.646 e. The number of para-hydroxylation sites is 2. The number of phosphoric acid groups is 1. The Labute approximate surface area is 181 Å². The second-order valence-corrected chi connectivity index (χ2v) is 8.23. The minimum absolute atomic E-state index is 0.112. The lowest BCUT2D eigenvalue weighted by molar-refractivity contribution is -0.133. The van der Waals surface area contributed by atoms with E-state index in [-0.39, 0.29) is 18.4 Å². The molecular formula is C23H23O7P. The third-order valence-electron chi connectivity index (χ3n) is 4.57. The topological polar surface area (TPSA) is 91.3 Å². The van der Waals surface area contributed by atoms with Crippen molar-refractivity contribution in [1.29, 1.82) is 0 Å². The van der Waals surface area contributed by atoms with Gasteiger partial charge in [0.2, 0.25) is 0 Å². The molecule has 7 nitrogen and oxygen atoms in total. The molecule has 0 amide bonds. The van der Waals surface area contributed by atoms with Crippen molar-refractivity contribution in [2.75, 3.05) is 13.7 Å². The van der Waals surface area contributed by atoms with Crippen molar-refractivity contribution in [1.82, 2.24) is 0 Å². The molecule has 0 aromatic heterocycles. The molecule has 0 bridgehead atoms. The Bertz CT molecular complexity index is 963. The third kappa shape index (κ3) is 6.65. The van der Waals surface area contributed by atoms with Crippen LogP contribution in [0.3, 0.4) is 0 Å². The van der Waals surface area contributed by atoms with Gasteiger partial charge in [-0.25, -0.2) is 4.79 Å². The number of hydrogen-bond donors (Lipinski definition) is 1. The molecule has 1 aliphatic rings. The normalized spacial score (nSPS) is 17.7. The van der Waals surface area contributed by atoms with Gasteiger partial charge in [-0.1, -0.05) is 42.3 Å². The summed E-state index contributed by atoms with van der Waals surface area (Å²) in [6, 6.07) is 17.2. The van der Waals surface area contributed by atoms with Crippen LogP contribution in [0.5, 0.6) is 11.5 Å². The highest BCUT2D eigenvalue weighted by Crippen LogP contribution is 2.53. The molecule has 2 aromatic rings. The summed E-state index contributed by atoms with van der Waals surface area (Å²) in [7, 11) is -2.82. The van der Waals surface area contributed by atoms with Crippen LogP contribution in [0, 0.1) is 23.7 Å². The summed E-state index contributed by atoms with van der Waals surface area (Å²) < 4.78 is 35.0. The molecule has 2 atom stereocenters. The molecule has 1 unspecified atom stereocenters. The lowest BCUT2D eigenvalue weighted by Gasteiger charge is -2.20. The van der Waals surface area contributed by atoms with E-state index in [4.69, 9.17) is 13.6 Å². The Morgan fingerprint density at radius 1 is 1.03 bits per heavy atom. The van der Waals surface area contributed by atoms with Crippen LogP contribution in [0.15, 0.2) is 72.5 Å².